The number of sulfonamides is 1. The molecule has 0 spiro atoms. The zero-order valence-electron chi connectivity index (χ0n) is 18.2. The molecule has 0 aliphatic carbocycles. The highest BCUT2D eigenvalue weighted by Crippen LogP contribution is 2.17. The van der Waals surface area contributed by atoms with E-state index in [0.29, 0.717) is 12.1 Å². The number of aryl methyl sites for hydroxylation is 1. The van der Waals surface area contributed by atoms with Crippen molar-refractivity contribution in [2.24, 2.45) is 0 Å². The lowest BCUT2D eigenvalue weighted by molar-refractivity contribution is -0.121. The Bertz CT molecular complexity index is 1240. The molecule has 0 fully saturated rings. The van der Waals surface area contributed by atoms with E-state index in [4.69, 9.17) is 0 Å². The van der Waals surface area contributed by atoms with Crippen LogP contribution < -0.4 is 11.0 Å². The summed E-state index contributed by atoms with van der Waals surface area (Å²) in [7, 11) is -2.00. The maximum atomic E-state index is 12.6. The fourth-order valence-electron chi connectivity index (χ4n) is 3.35. The normalized spacial score (nSPS) is 12.1. The van der Waals surface area contributed by atoms with Gasteiger partial charge in [0, 0.05) is 26.2 Å². The number of benzene rings is 2. The van der Waals surface area contributed by atoms with Crippen molar-refractivity contribution >= 4 is 27.0 Å². The molecule has 31 heavy (non-hydrogen) atoms. The number of carbonyl (C=O) groups excluding carboxylic acids is 1. The monoisotopic (exact) mass is 444 g/mol. The summed E-state index contributed by atoms with van der Waals surface area (Å²) in [5.41, 5.74) is 2.06. The number of imidazole rings is 1. The molecule has 0 radical (unpaired) electrons. The summed E-state index contributed by atoms with van der Waals surface area (Å²) >= 11 is 0. The Hall–Kier alpha value is -2.91. The van der Waals surface area contributed by atoms with Crippen molar-refractivity contribution in [3.63, 3.8) is 0 Å². The predicted octanol–water partition coefficient (Wildman–Crippen LogP) is 2.17. The number of rotatable bonds is 8. The zero-order valence-corrected chi connectivity index (χ0v) is 19.0. The molecule has 1 heterocycles. The average Bonchev–Trinajstić information content (AvgIpc) is 3.02. The van der Waals surface area contributed by atoms with E-state index in [-0.39, 0.29) is 35.6 Å². The molecule has 2 aromatic carbocycles. The second kappa shape index (κ2) is 9.07. The number of fused-ring (bicyclic) bond motifs is 1. The van der Waals surface area contributed by atoms with Crippen LogP contribution in [0.3, 0.4) is 0 Å². The standard InChI is InChI=1S/C22H28N4O4S/c1-5-25-19-8-6-7-9-20(19)26(22(25)28)15-21(27)23-14-17-10-12-18(13-11-17)31(29,30)24(4)16(2)3/h6-13,16H,5,14-15H2,1-4H3,(H,23,27). The molecule has 0 aliphatic heterocycles. The molecule has 1 amide bonds. The van der Waals surface area contributed by atoms with Crippen LogP contribution in [0.25, 0.3) is 11.0 Å². The predicted molar refractivity (Wildman–Crippen MR) is 120 cm³/mol. The van der Waals surface area contributed by atoms with Crippen LogP contribution in [-0.4, -0.2) is 40.9 Å². The first kappa shape index (κ1) is 22.8. The Kier molecular flexibility index (Phi) is 6.66. The van der Waals surface area contributed by atoms with Crippen molar-refractivity contribution < 1.29 is 13.2 Å². The van der Waals surface area contributed by atoms with Gasteiger partial charge in [-0.15, -0.1) is 0 Å². The van der Waals surface area contributed by atoms with Gasteiger partial charge >= 0.3 is 5.69 Å². The highest BCUT2D eigenvalue weighted by Gasteiger charge is 2.22. The number of hydrogen-bond donors (Lipinski definition) is 1. The molecule has 166 valence electrons. The Morgan fingerprint density at radius 1 is 1.03 bits per heavy atom. The van der Waals surface area contributed by atoms with Crippen LogP contribution in [0.4, 0.5) is 0 Å². The average molecular weight is 445 g/mol. The van der Waals surface area contributed by atoms with Crippen LogP contribution in [0.1, 0.15) is 26.3 Å². The number of para-hydroxylation sites is 2. The fraction of sp³-hybridized carbons (Fsp3) is 0.364. The van der Waals surface area contributed by atoms with Crippen LogP contribution in [0, 0.1) is 0 Å². The van der Waals surface area contributed by atoms with Crippen LogP contribution in [-0.2, 0) is 34.5 Å². The topological polar surface area (TPSA) is 93.4 Å². The van der Waals surface area contributed by atoms with Gasteiger partial charge < -0.3 is 5.32 Å². The third kappa shape index (κ3) is 4.57. The van der Waals surface area contributed by atoms with Gasteiger partial charge in [-0.1, -0.05) is 24.3 Å². The molecule has 0 aliphatic rings. The number of amides is 1. The Labute approximate surface area is 182 Å². The van der Waals surface area contributed by atoms with Gasteiger partial charge in [-0.25, -0.2) is 13.2 Å². The molecule has 1 aromatic heterocycles. The second-order valence-corrected chi connectivity index (χ2v) is 9.63. The number of aromatic nitrogens is 2. The van der Waals surface area contributed by atoms with Gasteiger partial charge in [0.15, 0.2) is 0 Å². The Balaban J connectivity index is 1.69. The van der Waals surface area contributed by atoms with Crippen LogP contribution in [0.2, 0.25) is 0 Å². The molecular formula is C22H28N4O4S. The minimum Gasteiger partial charge on any atom is -0.350 e. The van der Waals surface area contributed by atoms with E-state index in [9.17, 15) is 18.0 Å². The summed E-state index contributed by atoms with van der Waals surface area (Å²) in [6.07, 6.45) is 0. The summed E-state index contributed by atoms with van der Waals surface area (Å²) in [5.74, 6) is -0.294. The van der Waals surface area contributed by atoms with Crippen LogP contribution >= 0.6 is 0 Å². The van der Waals surface area contributed by atoms with Gasteiger partial charge in [0.25, 0.3) is 0 Å². The van der Waals surface area contributed by atoms with Crippen molar-refractivity contribution in [2.75, 3.05) is 7.05 Å². The van der Waals surface area contributed by atoms with Crippen molar-refractivity contribution in [3.05, 3.63) is 64.6 Å². The zero-order chi connectivity index (χ0) is 22.8. The largest absolute Gasteiger partial charge is 0.350 e. The van der Waals surface area contributed by atoms with Crippen LogP contribution in [0.5, 0.6) is 0 Å². The highest BCUT2D eigenvalue weighted by molar-refractivity contribution is 7.89. The number of carbonyl (C=O) groups is 1. The SMILES string of the molecule is CCn1c(=O)n(CC(=O)NCc2ccc(S(=O)(=O)N(C)C(C)C)cc2)c2ccccc21. The lowest BCUT2D eigenvalue weighted by atomic mass is 10.2. The van der Waals surface area contributed by atoms with Crippen molar-refractivity contribution in [1.29, 1.82) is 0 Å². The molecule has 0 bridgehead atoms. The molecule has 8 nitrogen and oxygen atoms in total. The van der Waals surface area contributed by atoms with E-state index < -0.39 is 10.0 Å². The van der Waals surface area contributed by atoms with E-state index >= 15 is 0 Å². The first-order chi connectivity index (χ1) is 14.7. The quantitative estimate of drug-likeness (QED) is 0.576. The van der Waals surface area contributed by atoms with E-state index in [2.05, 4.69) is 5.32 Å². The number of nitrogens with zero attached hydrogens (tertiary/aromatic N) is 3. The first-order valence-corrected chi connectivity index (χ1v) is 11.6. The third-order valence-corrected chi connectivity index (χ3v) is 7.41. The second-order valence-electron chi connectivity index (χ2n) is 7.64. The summed E-state index contributed by atoms with van der Waals surface area (Å²) in [4.78, 5) is 25.3. The minimum absolute atomic E-state index is 0.0853. The molecule has 0 unspecified atom stereocenters. The van der Waals surface area contributed by atoms with Crippen molar-refractivity contribution in [3.8, 4) is 0 Å². The van der Waals surface area contributed by atoms with Gasteiger partial charge in [-0.3, -0.25) is 13.9 Å². The van der Waals surface area contributed by atoms with Gasteiger partial charge in [0.2, 0.25) is 15.9 Å². The lowest BCUT2D eigenvalue weighted by Gasteiger charge is -2.21. The van der Waals surface area contributed by atoms with Crippen molar-refractivity contribution in [1.82, 2.24) is 18.8 Å². The molecule has 3 aromatic rings. The highest BCUT2D eigenvalue weighted by atomic mass is 32.2. The maximum Gasteiger partial charge on any atom is 0.329 e. The van der Waals surface area contributed by atoms with E-state index in [1.165, 1.54) is 21.0 Å². The van der Waals surface area contributed by atoms with E-state index in [1.807, 2.05) is 45.0 Å². The third-order valence-electron chi connectivity index (χ3n) is 5.36. The molecule has 3 rings (SSSR count). The summed E-state index contributed by atoms with van der Waals surface area (Å²) in [5, 5.41) is 2.80. The maximum absolute atomic E-state index is 12.6. The number of nitrogens with one attached hydrogen (secondary N) is 1. The Morgan fingerprint density at radius 3 is 2.16 bits per heavy atom. The first-order valence-electron chi connectivity index (χ1n) is 10.2. The molecule has 9 heteroatoms. The molecule has 0 saturated carbocycles. The summed E-state index contributed by atoms with van der Waals surface area (Å²) < 4.78 is 29.5. The minimum atomic E-state index is -3.55. The fourth-order valence-corrected chi connectivity index (χ4v) is 4.72. The Morgan fingerprint density at radius 2 is 1.61 bits per heavy atom. The van der Waals surface area contributed by atoms with Gasteiger partial charge in [0.05, 0.1) is 15.9 Å². The van der Waals surface area contributed by atoms with E-state index in [0.717, 1.165) is 11.1 Å². The van der Waals surface area contributed by atoms with Gasteiger partial charge in [-0.2, -0.15) is 4.31 Å². The lowest BCUT2D eigenvalue weighted by Crippen LogP contribution is -2.33. The summed E-state index contributed by atoms with van der Waals surface area (Å²) in [6, 6.07) is 13.7. The molecule has 0 saturated heterocycles. The molecule has 1 N–H and O–H groups in total. The molecule has 0 atom stereocenters. The van der Waals surface area contributed by atoms with Crippen molar-refractivity contribution in [2.45, 2.75) is 51.3 Å². The van der Waals surface area contributed by atoms with Gasteiger partial charge in [-0.05, 0) is 50.6 Å². The van der Waals surface area contributed by atoms with E-state index in [1.54, 1.807) is 23.7 Å². The molecular weight excluding hydrogens is 416 g/mol. The van der Waals surface area contributed by atoms with Crippen LogP contribution in [0.15, 0.2) is 58.2 Å². The number of hydrogen-bond acceptors (Lipinski definition) is 4. The summed E-state index contributed by atoms with van der Waals surface area (Å²) in [6.45, 7) is 6.18. The smallest absolute Gasteiger partial charge is 0.329 e. The van der Waals surface area contributed by atoms with Gasteiger partial charge in [0.1, 0.15) is 6.54 Å².